The van der Waals surface area contributed by atoms with Crippen molar-refractivity contribution in [2.75, 3.05) is 13.2 Å². The molecule has 0 aromatic carbocycles. The summed E-state index contributed by atoms with van der Waals surface area (Å²) in [5, 5.41) is 0. The summed E-state index contributed by atoms with van der Waals surface area (Å²) in [5.41, 5.74) is 0. The second-order valence-electron chi connectivity index (χ2n) is 18.8. The molecule has 0 N–H and O–H groups in total. The molecule has 0 saturated heterocycles. The Balaban J connectivity index is 4.55. The molecule has 0 fully saturated rings. The van der Waals surface area contributed by atoms with Gasteiger partial charge in [-0.2, -0.15) is 0 Å². The monoisotopic (exact) mass is 1010 g/mol. The largest absolute Gasteiger partial charge is 0.462 e. The zero-order chi connectivity index (χ0) is 52.9. The third-order valence-corrected chi connectivity index (χ3v) is 11.8. The van der Waals surface area contributed by atoms with Crippen LogP contribution in [-0.4, -0.2) is 37.2 Å². The van der Waals surface area contributed by atoms with E-state index in [2.05, 4.69) is 167 Å². The van der Waals surface area contributed by atoms with Gasteiger partial charge in [-0.3, -0.25) is 14.4 Å². The minimum Gasteiger partial charge on any atom is -0.462 e. The van der Waals surface area contributed by atoms with E-state index in [-0.39, 0.29) is 37.5 Å². The highest BCUT2D eigenvalue weighted by Crippen LogP contribution is 2.13. The minimum absolute atomic E-state index is 0.114. The molecule has 73 heavy (non-hydrogen) atoms. The van der Waals surface area contributed by atoms with Crippen molar-refractivity contribution in [3.63, 3.8) is 0 Å². The van der Waals surface area contributed by atoms with Gasteiger partial charge in [-0.25, -0.2) is 0 Å². The average molecular weight is 1010 g/mol. The molecule has 0 spiro atoms. The van der Waals surface area contributed by atoms with E-state index in [1.807, 2.05) is 0 Å². The number of rotatable bonds is 51. The Bertz CT molecular complexity index is 1630. The Kier molecular flexibility index (Phi) is 56.0. The van der Waals surface area contributed by atoms with Gasteiger partial charge >= 0.3 is 17.9 Å². The highest BCUT2D eigenvalue weighted by atomic mass is 16.6. The fourth-order valence-electron chi connectivity index (χ4n) is 7.47. The van der Waals surface area contributed by atoms with Crippen molar-refractivity contribution in [2.45, 2.75) is 245 Å². The summed E-state index contributed by atoms with van der Waals surface area (Å²) in [4.78, 5) is 38.2. The summed E-state index contributed by atoms with van der Waals surface area (Å²) in [6.45, 7) is 6.31. The number of esters is 3. The number of allylic oxidation sites excluding steroid dienone is 24. The van der Waals surface area contributed by atoms with Crippen LogP contribution in [0.4, 0.5) is 0 Å². The Hall–Kier alpha value is -4.71. The predicted octanol–water partition coefficient (Wildman–Crippen LogP) is 20.0. The lowest BCUT2D eigenvalue weighted by atomic mass is 10.1. The molecule has 0 heterocycles. The molecule has 6 nitrogen and oxygen atoms in total. The third kappa shape index (κ3) is 58.1. The van der Waals surface area contributed by atoms with Gasteiger partial charge in [0.1, 0.15) is 13.2 Å². The summed E-state index contributed by atoms with van der Waals surface area (Å²) < 4.78 is 16.8. The van der Waals surface area contributed by atoms with E-state index in [1.165, 1.54) is 51.4 Å². The van der Waals surface area contributed by atoms with Crippen molar-refractivity contribution in [1.29, 1.82) is 0 Å². The lowest BCUT2D eigenvalue weighted by Gasteiger charge is -2.18. The first-order valence-electron chi connectivity index (χ1n) is 29.3. The molecule has 0 aromatic heterocycles. The third-order valence-electron chi connectivity index (χ3n) is 11.8. The number of ether oxygens (including phenoxy) is 3. The first-order valence-corrected chi connectivity index (χ1v) is 29.3. The van der Waals surface area contributed by atoms with Crippen LogP contribution < -0.4 is 0 Å². The normalized spacial score (nSPS) is 13.2. The molecule has 0 aliphatic heterocycles. The van der Waals surface area contributed by atoms with Crippen molar-refractivity contribution in [2.24, 2.45) is 0 Å². The van der Waals surface area contributed by atoms with Crippen molar-refractivity contribution in [3.05, 3.63) is 146 Å². The summed E-state index contributed by atoms with van der Waals surface area (Å²) in [6, 6.07) is 0. The topological polar surface area (TPSA) is 78.9 Å². The maximum absolute atomic E-state index is 12.9. The molecule has 0 aliphatic carbocycles. The van der Waals surface area contributed by atoms with Crippen LogP contribution in [0.5, 0.6) is 0 Å². The van der Waals surface area contributed by atoms with Crippen LogP contribution in [0.15, 0.2) is 146 Å². The Morgan fingerprint density at radius 3 is 0.890 bits per heavy atom. The second kappa shape index (κ2) is 59.8. The lowest BCUT2D eigenvalue weighted by molar-refractivity contribution is -0.167. The van der Waals surface area contributed by atoms with Crippen molar-refractivity contribution in [3.8, 4) is 0 Å². The molecule has 6 heteroatoms. The zero-order valence-corrected chi connectivity index (χ0v) is 46.8. The maximum Gasteiger partial charge on any atom is 0.306 e. The fourth-order valence-corrected chi connectivity index (χ4v) is 7.47. The lowest BCUT2D eigenvalue weighted by Crippen LogP contribution is -2.30. The molecule has 0 saturated carbocycles. The second-order valence-corrected chi connectivity index (χ2v) is 18.8. The van der Waals surface area contributed by atoms with Crippen LogP contribution >= 0.6 is 0 Å². The average Bonchev–Trinajstić information content (AvgIpc) is 3.39. The first kappa shape index (κ1) is 68.3. The molecule has 1 atom stereocenters. The van der Waals surface area contributed by atoms with Crippen LogP contribution in [0, 0.1) is 0 Å². The van der Waals surface area contributed by atoms with Crippen molar-refractivity contribution >= 4 is 17.9 Å². The van der Waals surface area contributed by atoms with E-state index in [9.17, 15) is 14.4 Å². The smallest absolute Gasteiger partial charge is 0.306 e. The highest BCUT2D eigenvalue weighted by molar-refractivity contribution is 5.71. The Morgan fingerprint density at radius 1 is 0.288 bits per heavy atom. The van der Waals surface area contributed by atoms with Crippen molar-refractivity contribution < 1.29 is 28.6 Å². The molecule has 0 amide bonds. The molecule has 0 aromatic rings. The van der Waals surface area contributed by atoms with Crippen LogP contribution in [0.3, 0.4) is 0 Å². The van der Waals surface area contributed by atoms with E-state index < -0.39 is 6.10 Å². The SMILES string of the molecule is CC/C=C\C/C=C\C/C=C\C/C=C\CCCCCCCCC(=O)OCC(COC(=O)CCC/C=C\C/C=C\C/C=C\C/C=C\CCCCC)OC(=O)CCCCCCCC/C=C\C/C=C\C/C=C\C/C=C\CC. The molecule has 0 aliphatic rings. The number of hydrogen-bond donors (Lipinski definition) is 0. The van der Waals surface area contributed by atoms with Gasteiger partial charge in [-0.1, -0.05) is 231 Å². The molecule has 410 valence electrons. The van der Waals surface area contributed by atoms with Gasteiger partial charge in [-0.15, -0.1) is 0 Å². The van der Waals surface area contributed by atoms with E-state index in [1.54, 1.807) is 0 Å². The predicted molar refractivity (Wildman–Crippen MR) is 315 cm³/mol. The van der Waals surface area contributed by atoms with Gasteiger partial charge in [0.15, 0.2) is 6.10 Å². The Labute approximate surface area is 448 Å². The highest BCUT2D eigenvalue weighted by Gasteiger charge is 2.19. The van der Waals surface area contributed by atoms with E-state index in [0.29, 0.717) is 19.3 Å². The molecular formula is C67H106O6. The van der Waals surface area contributed by atoms with Crippen LogP contribution in [0.1, 0.15) is 239 Å². The van der Waals surface area contributed by atoms with E-state index in [4.69, 9.17) is 14.2 Å². The van der Waals surface area contributed by atoms with Gasteiger partial charge in [0.05, 0.1) is 0 Å². The van der Waals surface area contributed by atoms with Crippen molar-refractivity contribution in [1.82, 2.24) is 0 Å². The van der Waals surface area contributed by atoms with Gasteiger partial charge in [-0.05, 0) is 135 Å². The van der Waals surface area contributed by atoms with Crippen LogP contribution in [-0.2, 0) is 28.6 Å². The molecule has 0 rings (SSSR count). The van der Waals surface area contributed by atoms with E-state index >= 15 is 0 Å². The van der Waals surface area contributed by atoms with Gasteiger partial charge < -0.3 is 14.2 Å². The van der Waals surface area contributed by atoms with Gasteiger partial charge in [0.25, 0.3) is 0 Å². The Morgan fingerprint density at radius 2 is 0.548 bits per heavy atom. The number of hydrogen-bond acceptors (Lipinski definition) is 6. The minimum atomic E-state index is -0.822. The van der Waals surface area contributed by atoms with Crippen LogP contribution in [0.2, 0.25) is 0 Å². The molecular weight excluding hydrogens is 901 g/mol. The molecule has 0 bridgehead atoms. The summed E-state index contributed by atoms with van der Waals surface area (Å²) in [5.74, 6) is -1.00. The standard InChI is InChI=1S/C67H106O6/c1-4-7-10-13-16-19-22-25-28-31-33-36-39-42-45-48-51-54-57-60-66(69)72-63-64(62-71-65(68)59-56-53-50-47-44-41-38-35-30-27-24-21-18-15-12-9-6-3)73-67(70)61-58-55-52-49-46-43-40-37-34-32-29-26-23-20-17-14-11-8-5-2/h7-8,10-11,16-21,25-30,33-34,36-38,41,47,50,64H,4-6,9,12-15,22-24,31-32,35,39-40,42-46,48-49,51-63H2,1-3H3/b10-7-,11-8-,19-16-,20-17-,21-18-,28-25-,29-26-,30-27-,36-33-,37-34-,41-38-,50-47-. The summed E-state index contributed by atoms with van der Waals surface area (Å²) in [7, 11) is 0. The molecule has 0 radical (unpaired) electrons. The number of carbonyl (C=O) groups excluding carboxylic acids is 3. The summed E-state index contributed by atoms with van der Waals surface area (Å²) in [6.07, 6.45) is 85.5. The number of carbonyl (C=O) groups is 3. The summed E-state index contributed by atoms with van der Waals surface area (Å²) >= 11 is 0. The van der Waals surface area contributed by atoms with Crippen LogP contribution in [0.25, 0.3) is 0 Å². The quantitative estimate of drug-likeness (QED) is 0.0261. The fraction of sp³-hybridized carbons (Fsp3) is 0.597. The zero-order valence-electron chi connectivity index (χ0n) is 46.8. The number of unbranched alkanes of at least 4 members (excludes halogenated alkanes) is 16. The molecule has 1 unspecified atom stereocenters. The first-order chi connectivity index (χ1) is 36.0. The maximum atomic E-state index is 12.9. The van der Waals surface area contributed by atoms with E-state index in [0.717, 1.165) is 141 Å². The van der Waals surface area contributed by atoms with Gasteiger partial charge in [0.2, 0.25) is 0 Å². The van der Waals surface area contributed by atoms with Gasteiger partial charge in [0, 0.05) is 19.3 Å².